The maximum absolute atomic E-state index is 13.1. The molecule has 1 N–H and O–H groups in total. The number of ether oxygens (including phenoxy) is 1. The molecule has 1 aliphatic heterocycles. The van der Waals surface area contributed by atoms with Crippen molar-refractivity contribution in [1.82, 2.24) is 5.32 Å². The van der Waals surface area contributed by atoms with Gasteiger partial charge in [0.15, 0.2) is 0 Å². The molecule has 1 aliphatic rings. The quantitative estimate of drug-likeness (QED) is 0.796. The van der Waals surface area contributed by atoms with Gasteiger partial charge in [-0.15, -0.1) is 0 Å². The van der Waals surface area contributed by atoms with Crippen molar-refractivity contribution in [2.45, 2.75) is 6.10 Å². The van der Waals surface area contributed by atoms with E-state index in [1.807, 2.05) is 0 Å². The molecule has 1 aromatic carbocycles. The summed E-state index contributed by atoms with van der Waals surface area (Å²) in [4.78, 5) is 10.8. The Hall–Kier alpha value is -1.13. The van der Waals surface area contributed by atoms with Crippen LogP contribution in [0, 0.1) is 5.82 Å². The first-order chi connectivity index (χ1) is 7.16. The fraction of sp³-hybridized carbons (Fsp3) is 0.300. The second kappa shape index (κ2) is 4.16. The van der Waals surface area contributed by atoms with Crippen LogP contribution in [0.3, 0.4) is 0 Å². The molecule has 1 aromatic rings. The van der Waals surface area contributed by atoms with Gasteiger partial charge >= 0.3 is 0 Å². The molecule has 1 atom stereocenters. The van der Waals surface area contributed by atoms with Crippen LogP contribution in [0.15, 0.2) is 18.2 Å². The van der Waals surface area contributed by atoms with Gasteiger partial charge in [0.05, 0.1) is 5.02 Å². The van der Waals surface area contributed by atoms with Gasteiger partial charge in [-0.05, 0) is 17.7 Å². The number of benzene rings is 1. The first-order valence-corrected chi connectivity index (χ1v) is 4.88. The zero-order valence-corrected chi connectivity index (χ0v) is 8.55. The Labute approximate surface area is 91.2 Å². The fourth-order valence-corrected chi connectivity index (χ4v) is 1.54. The highest BCUT2D eigenvalue weighted by Gasteiger charge is 2.20. The third-order valence-electron chi connectivity index (χ3n) is 2.22. The van der Waals surface area contributed by atoms with E-state index in [2.05, 4.69) is 5.32 Å². The van der Waals surface area contributed by atoms with Gasteiger partial charge < -0.3 is 10.1 Å². The molecule has 0 radical (unpaired) electrons. The maximum atomic E-state index is 13.1. The lowest BCUT2D eigenvalue weighted by Crippen LogP contribution is -2.38. The Morgan fingerprint density at radius 2 is 2.33 bits per heavy atom. The first kappa shape index (κ1) is 10.4. The standard InChI is InChI=1S/C10H9ClFNO2/c11-7-2-1-6(3-8(7)12)9-4-13-10(14)5-15-9/h1-3,9H,4-5H2,(H,13,14)/t9-/m0/s1. The van der Waals surface area contributed by atoms with E-state index >= 15 is 0 Å². The van der Waals surface area contributed by atoms with Gasteiger partial charge in [0.1, 0.15) is 18.5 Å². The summed E-state index contributed by atoms with van der Waals surface area (Å²) >= 11 is 5.56. The number of amides is 1. The molecule has 80 valence electrons. The average Bonchev–Trinajstić information content (AvgIpc) is 2.23. The monoisotopic (exact) mass is 229 g/mol. The van der Waals surface area contributed by atoms with Crippen molar-refractivity contribution in [1.29, 1.82) is 0 Å². The number of hydrogen-bond acceptors (Lipinski definition) is 2. The fourth-order valence-electron chi connectivity index (χ4n) is 1.42. The van der Waals surface area contributed by atoms with Gasteiger partial charge in [-0.2, -0.15) is 0 Å². The highest BCUT2D eigenvalue weighted by molar-refractivity contribution is 6.30. The van der Waals surface area contributed by atoms with Crippen LogP contribution in [0.25, 0.3) is 0 Å². The van der Waals surface area contributed by atoms with E-state index < -0.39 is 5.82 Å². The Kier molecular flexibility index (Phi) is 2.88. The summed E-state index contributed by atoms with van der Waals surface area (Å²) in [5, 5.41) is 2.73. The zero-order valence-electron chi connectivity index (χ0n) is 7.80. The number of nitrogens with one attached hydrogen (secondary N) is 1. The second-order valence-corrected chi connectivity index (χ2v) is 3.68. The predicted octanol–water partition coefficient (Wildman–Crippen LogP) is 1.67. The molecule has 0 spiro atoms. The molecule has 1 fully saturated rings. The first-order valence-electron chi connectivity index (χ1n) is 4.50. The molecule has 3 nitrogen and oxygen atoms in total. The molecular weight excluding hydrogens is 221 g/mol. The average molecular weight is 230 g/mol. The van der Waals surface area contributed by atoms with Crippen molar-refractivity contribution >= 4 is 17.5 Å². The van der Waals surface area contributed by atoms with Crippen LogP contribution in [-0.4, -0.2) is 19.1 Å². The molecule has 5 heteroatoms. The molecule has 1 saturated heterocycles. The summed E-state index contributed by atoms with van der Waals surface area (Å²) in [6.07, 6.45) is -0.297. The van der Waals surface area contributed by atoms with Crippen LogP contribution >= 0.6 is 11.6 Å². The normalized spacial score (nSPS) is 21.2. The molecule has 1 amide bonds. The van der Waals surface area contributed by atoms with Crippen LogP contribution < -0.4 is 5.32 Å². The van der Waals surface area contributed by atoms with Gasteiger partial charge in [0, 0.05) is 6.54 Å². The third kappa shape index (κ3) is 2.27. The summed E-state index contributed by atoms with van der Waals surface area (Å²) in [6.45, 7) is 0.370. The Morgan fingerprint density at radius 3 is 2.93 bits per heavy atom. The van der Waals surface area contributed by atoms with Crippen molar-refractivity contribution in [3.63, 3.8) is 0 Å². The number of carbonyl (C=O) groups is 1. The van der Waals surface area contributed by atoms with Crippen molar-refractivity contribution in [3.05, 3.63) is 34.6 Å². The van der Waals surface area contributed by atoms with Gasteiger partial charge in [0.2, 0.25) is 5.91 Å². The van der Waals surface area contributed by atoms with E-state index in [1.54, 1.807) is 6.07 Å². The number of halogens is 2. The summed E-state index contributed by atoms with van der Waals surface area (Å²) in [6, 6.07) is 4.49. The van der Waals surface area contributed by atoms with Crippen molar-refractivity contribution in [2.24, 2.45) is 0 Å². The zero-order chi connectivity index (χ0) is 10.8. The molecule has 2 rings (SSSR count). The topological polar surface area (TPSA) is 38.3 Å². The number of hydrogen-bond donors (Lipinski definition) is 1. The number of morpholine rings is 1. The van der Waals surface area contributed by atoms with Gasteiger partial charge in [-0.25, -0.2) is 4.39 Å². The van der Waals surface area contributed by atoms with Crippen LogP contribution in [0.4, 0.5) is 4.39 Å². The molecule has 0 unspecified atom stereocenters. The van der Waals surface area contributed by atoms with E-state index in [0.29, 0.717) is 12.1 Å². The van der Waals surface area contributed by atoms with Crippen LogP contribution in [0.2, 0.25) is 5.02 Å². The SMILES string of the molecule is O=C1CO[C@H](c2ccc(Cl)c(F)c2)CN1. The Morgan fingerprint density at radius 1 is 1.53 bits per heavy atom. The Bertz CT molecular complexity index is 387. The number of rotatable bonds is 1. The van der Waals surface area contributed by atoms with Crippen LogP contribution in [-0.2, 0) is 9.53 Å². The summed E-state index contributed by atoms with van der Waals surface area (Å²) in [5.41, 5.74) is 0.678. The molecule has 1 heterocycles. The van der Waals surface area contributed by atoms with Gasteiger partial charge in [-0.3, -0.25) is 4.79 Å². The van der Waals surface area contributed by atoms with E-state index in [1.165, 1.54) is 12.1 Å². The minimum Gasteiger partial charge on any atom is -0.362 e. The lowest BCUT2D eigenvalue weighted by molar-refractivity contribution is -0.133. The highest BCUT2D eigenvalue weighted by Crippen LogP contribution is 2.23. The molecule has 0 bridgehead atoms. The number of carbonyl (C=O) groups excluding carboxylic acids is 1. The Balaban J connectivity index is 2.16. The third-order valence-corrected chi connectivity index (χ3v) is 2.52. The predicted molar refractivity (Wildman–Crippen MR) is 53.1 cm³/mol. The molecule has 0 aliphatic carbocycles. The molecule has 15 heavy (non-hydrogen) atoms. The van der Waals surface area contributed by atoms with E-state index in [9.17, 15) is 9.18 Å². The molecule has 0 saturated carbocycles. The smallest absolute Gasteiger partial charge is 0.246 e. The summed E-state index contributed by atoms with van der Waals surface area (Å²) in [7, 11) is 0. The lowest BCUT2D eigenvalue weighted by Gasteiger charge is -2.23. The summed E-state index contributed by atoms with van der Waals surface area (Å²) in [5.74, 6) is -0.629. The van der Waals surface area contributed by atoms with E-state index in [4.69, 9.17) is 16.3 Å². The lowest BCUT2D eigenvalue weighted by atomic mass is 10.1. The largest absolute Gasteiger partial charge is 0.362 e. The van der Waals surface area contributed by atoms with Crippen molar-refractivity contribution in [2.75, 3.05) is 13.2 Å². The second-order valence-electron chi connectivity index (χ2n) is 3.28. The van der Waals surface area contributed by atoms with Gasteiger partial charge in [-0.1, -0.05) is 17.7 Å². The van der Waals surface area contributed by atoms with Crippen molar-refractivity contribution < 1.29 is 13.9 Å². The van der Waals surface area contributed by atoms with Gasteiger partial charge in [0.25, 0.3) is 0 Å². The molecular formula is C10H9ClFNO2. The maximum Gasteiger partial charge on any atom is 0.246 e. The minimum atomic E-state index is -0.477. The van der Waals surface area contributed by atoms with Crippen LogP contribution in [0.5, 0.6) is 0 Å². The van der Waals surface area contributed by atoms with E-state index in [-0.39, 0.29) is 23.6 Å². The van der Waals surface area contributed by atoms with Crippen molar-refractivity contribution in [3.8, 4) is 0 Å². The molecule has 0 aromatic heterocycles. The minimum absolute atomic E-state index is 0.00884. The van der Waals surface area contributed by atoms with E-state index in [0.717, 1.165) is 0 Å². The van der Waals surface area contributed by atoms with Crippen LogP contribution in [0.1, 0.15) is 11.7 Å². The summed E-state index contributed by atoms with van der Waals surface area (Å²) < 4.78 is 18.4. The highest BCUT2D eigenvalue weighted by atomic mass is 35.5.